The van der Waals surface area contributed by atoms with Crippen LogP contribution in [-0.4, -0.2) is 28.1 Å². The zero-order valence-electron chi connectivity index (χ0n) is 22.2. The van der Waals surface area contributed by atoms with Crippen LogP contribution in [0.4, 0.5) is 0 Å². The number of allylic oxidation sites excluding steroid dienone is 1. The van der Waals surface area contributed by atoms with E-state index >= 15 is 0 Å². The molecule has 5 aliphatic carbocycles. The summed E-state index contributed by atoms with van der Waals surface area (Å²) in [4.78, 5) is 25.7. The van der Waals surface area contributed by atoms with Gasteiger partial charge in [0.1, 0.15) is 5.78 Å². The van der Waals surface area contributed by atoms with Gasteiger partial charge in [-0.05, 0) is 98.2 Å². The molecule has 0 aromatic carbocycles. The number of hydrogen-bond acceptors (Lipinski definition) is 3. The van der Waals surface area contributed by atoms with Gasteiger partial charge in [0.25, 0.3) is 0 Å². The van der Waals surface area contributed by atoms with Crippen molar-refractivity contribution in [3.8, 4) is 0 Å². The molecule has 0 aromatic heterocycles. The van der Waals surface area contributed by atoms with Crippen LogP contribution in [0.15, 0.2) is 12.2 Å². The third-order valence-corrected chi connectivity index (χ3v) is 13.1. The van der Waals surface area contributed by atoms with Gasteiger partial charge in [0.05, 0.1) is 11.5 Å². The lowest BCUT2D eigenvalue weighted by atomic mass is 9.32. The fraction of sp³-hybridized carbons (Fsp3) is 0.867. The third kappa shape index (κ3) is 2.70. The van der Waals surface area contributed by atoms with Crippen molar-refractivity contribution < 1.29 is 19.8 Å². The minimum absolute atomic E-state index is 0.00387. The van der Waals surface area contributed by atoms with Crippen molar-refractivity contribution in [2.24, 2.45) is 56.7 Å². The molecule has 2 N–H and O–H groups in total. The highest BCUT2D eigenvalue weighted by Gasteiger charge is 2.73. The summed E-state index contributed by atoms with van der Waals surface area (Å²) in [5.41, 5.74) is -0.110. The van der Waals surface area contributed by atoms with E-state index in [1.54, 1.807) is 0 Å². The topological polar surface area (TPSA) is 74.6 Å². The van der Waals surface area contributed by atoms with E-state index in [0.29, 0.717) is 24.0 Å². The molecule has 5 saturated carbocycles. The second-order valence-corrected chi connectivity index (χ2v) is 14.4. The minimum Gasteiger partial charge on any atom is -0.481 e. The maximum absolute atomic E-state index is 12.9. The van der Waals surface area contributed by atoms with Crippen molar-refractivity contribution >= 4 is 11.8 Å². The molecule has 0 saturated heterocycles. The van der Waals surface area contributed by atoms with Crippen LogP contribution in [0.25, 0.3) is 0 Å². The maximum atomic E-state index is 12.9. The zero-order chi connectivity index (χ0) is 25.1. The normalized spacial score (nSPS) is 53.8. The number of hydrogen-bond donors (Lipinski definition) is 2. The van der Waals surface area contributed by atoms with Crippen LogP contribution >= 0.6 is 0 Å². The van der Waals surface area contributed by atoms with Crippen molar-refractivity contribution in [3.63, 3.8) is 0 Å². The smallest absolute Gasteiger partial charge is 0.309 e. The van der Waals surface area contributed by atoms with Gasteiger partial charge in [-0.25, -0.2) is 0 Å². The fourth-order valence-corrected chi connectivity index (χ4v) is 11.5. The van der Waals surface area contributed by atoms with E-state index < -0.39 is 22.9 Å². The highest BCUT2D eigenvalue weighted by atomic mass is 16.4. The molecule has 5 fully saturated rings. The molecule has 5 aliphatic rings. The lowest BCUT2D eigenvalue weighted by molar-refractivity contribution is -0.259. The van der Waals surface area contributed by atoms with Crippen LogP contribution < -0.4 is 0 Å². The largest absolute Gasteiger partial charge is 0.481 e. The van der Waals surface area contributed by atoms with Gasteiger partial charge < -0.3 is 10.2 Å². The Hall–Kier alpha value is -1.16. The molecule has 0 bridgehead atoms. The van der Waals surface area contributed by atoms with Crippen LogP contribution in [0.1, 0.15) is 99.3 Å². The zero-order valence-corrected chi connectivity index (χ0v) is 22.2. The van der Waals surface area contributed by atoms with Crippen molar-refractivity contribution in [2.75, 3.05) is 0 Å². The molecule has 0 amide bonds. The highest BCUT2D eigenvalue weighted by Crippen LogP contribution is 2.77. The Morgan fingerprint density at radius 1 is 0.971 bits per heavy atom. The van der Waals surface area contributed by atoms with Crippen LogP contribution in [0.5, 0.6) is 0 Å². The summed E-state index contributed by atoms with van der Waals surface area (Å²) in [6.07, 6.45) is 7.24. The molecule has 4 nitrogen and oxygen atoms in total. The molecular weight excluding hydrogens is 424 g/mol. The summed E-state index contributed by atoms with van der Waals surface area (Å²) < 4.78 is 0. The van der Waals surface area contributed by atoms with Gasteiger partial charge in [-0.1, -0.05) is 46.8 Å². The van der Waals surface area contributed by atoms with E-state index in [0.717, 1.165) is 56.9 Å². The molecule has 0 unspecified atom stereocenters. The van der Waals surface area contributed by atoms with Crippen molar-refractivity contribution in [2.45, 2.75) is 105 Å². The summed E-state index contributed by atoms with van der Waals surface area (Å²) in [7, 11) is 0. The summed E-state index contributed by atoms with van der Waals surface area (Å²) >= 11 is 0. The first-order valence-electron chi connectivity index (χ1n) is 13.8. The first-order valence-corrected chi connectivity index (χ1v) is 13.8. The molecule has 5 rings (SSSR count). The maximum Gasteiger partial charge on any atom is 0.309 e. The van der Waals surface area contributed by atoms with Gasteiger partial charge in [-0.15, -0.1) is 0 Å². The van der Waals surface area contributed by atoms with Gasteiger partial charge in [0.2, 0.25) is 0 Å². The van der Waals surface area contributed by atoms with E-state index in [-0.39, 0.29) is 34.0 Å². The number of Topliss-reactive ketones (excluding diaryl/α,β-unsaturated/α-hetero) is 1. The number of aliphatic hydroxyl groups is 1. The third-order valence-electron chi connectivity index (χ3n) is 13.1. The molecule has 34 heavy (non-hydrogen) atoms. The van der Waals surface area contributed by atoms with Gasteiger partial charge in [0.15, 0.2) is 0 Å². The molecule has 0 aliphatic heterocycles. The Morgan fingerprint density at radius 2 is 1.65 bits per heavy atom. The van der Waals surface area contributed by atoms with E-state index in [1.807, 2.05) is 0 Å². The fourth-order valence-electron chi connectivity index (χ4n) is 11.5. The van der Waals surface area contributed by atoms with E-state index in [1.165, 1.54) is 0 Å². The Labute approximate surface area is 206 Å². The molecule has 0 radical (unpaired) electrons. The number of carboxylic acids is 1. The molecule has 4 heteroatoms. The van der Waals surface area contributed by atoms with Gasteiger partial charge >= 0.3 is 5.97 Å². The summed E-state index contributed by atoms with van der Waals surface area (Å²) in [6.45, 7) is 17.8. The Bertz CT molecular complexity index is 936. The standard InChI is InChI=1S/C30H46O4/c1-17(2)18-10-13-30(25(33)34)15-14-28(6)19(23(18)30)8-9-21-27(5)12-11-22(32)26(3,4)24(27)20(31)16-29(21,28)7/h18-21,23-24,31H,1,8-16H2,2-7H3,(H,33,34)/t18-,19+,20+,21-,23+,24-,27+,28+,29+,30-/m0/s1. The number of fused-ring (bicyclic) bond motifs is 7. The second kappa shape index (κ2) is 7.20. The van der Waals surface area contributed by atoms with E-state index in [4.69, 9.17) is 0 Å². The lowest BCUT2D eigenvalue weighted by Crippen LogP contribution is -2.69. The van der Waals surface area contributed by atoms with E-state index in [2.05, 4.69) is 48.1 Å². The predicted molar refractivity (Wildman–Crippen MR) is 133 cm³/mol. The minimum atomic E-state index is -0.615. The molecular formula is C30H46O4. The summed E-state index contributed by atoms with van der Waals surface area (Å²) in [5.74, 6) is 0.916. The average Bonchev–Trinajstić information content (AvgIpc) is 3.13. The van der Waals surface area contributed by atoms with Gasteiger partial charge in [-0.3, -0.25) is 9.59 Å². The van der Waals surface area contributed by atoms with Crippen molar-refractivity contribution in [3.05, 3.63) is 12.2 Å². The number of aliphatic carboxylic acids is 1. The average molecular weight is 471 g/mol. The van der Waals surface area contributed by atoms with Gasteiger partial charge in [-0.2, -0.15) is 0 Å². The summed E-state index contributed by atoms with van der Waals surface area (Å²) in [5, 5.41) is 22.2. The highest BCUT2D eigenvalue weighted by molar-refractivity contribution is 5.85. The Kier molecular flexibility index (Phi) is 5.20. The second-order valence-electron chi connectivity index (χ2n) is 14.4. The van der Waals surface area contributed by atoms with Gasteiger partial charge in [0, 0.05) is 17.8 Å². The number of ketones is 1. The SMILES string of the molecule is C=C(C)[C@@H]1CC[C@]2(C(=O)O)CC[C@]3(C)[C@H](CC[C@H]4[C@@]5(C)CCC(=O)C(C)(C)[C@@H]5[C@H](O)C[C@]43C)[C@@H]12. The number of rotatable bonds is 2. The monoisotopic (exact) mass is 470 g/mol. The molecule has 10 atom stereocenters. The van der Waals surface area contributed by atoms with Crippen molar-refractivity contribution in [1.29, 1.82) is 0 Å². The number of carbonyl (C=O) groups is 2. The van der Waals surface area contributed by atoms with E-state index in [9.17, 15) is 19.8 Å². The quantitative estimate of drug-likeness (QED) is 0.467. The first-order chi connectivity index (χ1) is 15.7. The van der Waals surface area contributed by atoms with Crippen LogP contribution in [-0.2, 0) is 9.59 Å². The molecule has 0 aromatic rings. The summed E-state index contributed by atoms with van der Waals surface area (Å²) in [6, 6.07) is 0. The molecule has 190 valence electrons. The molecule has 0 heterocycles. The van der Waals surface area contributed by atoms with Crippen LogP contribution in [0, 0.1) is 56.7 Å². The van der Waals surface area contributed by atoms with Crippen molar-refractivity contribution in [1.82, 2.24) is 0 Å². The van der Waals surface area contributed by atoms with Crippen LogP contribution in [0.2, 0.25) is 0 Å². The van der Waals surface area contributed by atoms with Crippen LogP contribution in [0.3, 0.4) is 0 Å². The Balaban J connectivity index is 1.60. The predicted octanol–water partition coefficient (Wildman–Crippen LogP) is 6.27. The first kappa shape index (κ1) is 24.5. The Morgan fingerprint density at radius 3 is 2.26 bits per heavy atom. The lowest BCUT2D eigenvalue weighted by Gasteiger charge is -2.72. The number of carbonyl (C=O) groups excluding carboxylic acids is 1. The molecule has 0 spiro atoms. The number of aliphatic hydroxyl groups excluding tert-OH is 1. The number of carboxylic acid groups (broad SMARTS) is 1.